The lowest BCUT2D eigenvalue weighted by Gasteiger charge is -2.32. The van der Waals surface area contributed by atoms with Crippen molar-refractivity contribution in [2.24, 2.45) is 11.0 Å². The molecule has 0 aromatic heterocycles. The molecule has 2 heterocycles. The third-order valence-electron chi connectivity index (χ3n) is 3.15. The highest BCUT2D eigenvalue weighted by atomic mass is 32.1. The lowest BCUT2D eigenvalue weighted by Crippen LogP contribution is -2.43. The molecule has 2 N–H and O–H groups in total. The maximum Gasteiger partial charge on any atom is 0.407 e. The van der Waals surface area contributed by atoms with Crippen molar-refractivity contribution in [3.8, 4) is 0 Å². The van der Waals surface area contributed by atoms with Gasteiger partial charge < -0.3 is 14.9 Å². The number of rotatable bonds is 1. The topological polar surface area (TPSA) is 68.2 Å². The van der Waals surface area contributed by atoms with Crippen molar-refractivity contribution < 1.29 is 9.90 Å². The zero-order valence-electron chi connectivity index (χ0n) is 9.13. The van der Waals surface area contributed by atoms with Crippen LogP contribution in [0.15, 0.2) is 5.10 Å². The van der Waals surface area contributed by atoms with Gasteiger partial charge in [0.1, 0.15) is 5.84 Å². The molecule has 0 saturated carbocycles. The van der Waals surface area contributed by atoms with Gasteiger partial charge in [-0.25, -0.2) is 4.79 Å². The standard InChI is InChI=1S/C9H16N4O2S/c1-12-7(10-11-8(12)16)6-2-4-13(5-3-6)9(14)15/h6,8,11,16H,2-5H2,1H3,(H,14,15). The van der Waals surface area contributed by atoms with Crippen molar-refractivity contribution in [3.63, 3.8) is 0 Å². The number of piperidine rings is 1. The second-order valence-corrected chi connectivity index (χ2v) is 4.62. The second kappa shape index (κ2) is 4.40. The van der Waals surface area contributed by atoms with Gasteiger partial charge in [-0.15, -0.1) is 12.6 Å². The molecule has 1 atom stereocenters. The van der Waals surface area contributed by atoms with Crippen LogP contribution in [0.25, 0.3) is 0 Å². The Hall–Kier alpha value is -1.11. The molecule has 2 rings (SSSR count). The second-order valence-electron chi connectivity index (χ2n) is 4.13. The maximum absolute atomic E-state index is 10.8. The molecule has 0 radical (unpaired) electrons. The average molecular weight is 244 g/mol. The monoisotopic (exact) mass is 244 g/mol. The molecular weight excluding hydrogens is 228 g/mol. The lowest BCUT2D eigenvalue weighted by molar-refractivity contribution is 0.130. The normalized spacial score (nSPS) is 26.6. The first-order chi connectivity index (χ1) is 7.59. The number of likely N-dealkylation sites (tertiary alicyclic amines) is 1. The molecule has 6 nitrogen and oxygen atoms in total. The summed E-state index contributed by atoms with van der Waals surface area (Å²) in [4.78, 5) is 14.2. The number of carboxylic acid groups (broad SMARTS) is 1. The van der Waals surface area contributed by atoms with E-state index >= 15 is 0 Å². The Bertz CT molecular complexity index is 315. The summed E-state index contributed by atoms with van der Waals surface area (Å²) < 4.78 is 0. The minimum absolute atomic E-state index is 0.0625. The molecule has 0 aliphatic carbocycles. The molecule has 0 spiro atoms. The minimum Gasteiger partial charge on any atom is -0.465 e. The van der Waals surface area contributed by atoms with Crippen LogP contribution in [0.4, 0.5) is 4.79 Å². The van der Waals surface area contributed by atoms with Crippen LogP contribution < -0.4 is 5.43 Å². The van der Waals surface area contributed by atoms with Gasteiger partial charge in [-0.2, -0.15) is 5.10 Å². The average Bonchev–Trinajstić information content (AvgIpc) is 2.60. The van der Waals surface area contributed by atoms with Crippen LogP contribution in [0.1, 0.15) is 12.8 Å². The number of nitrogens with zero attached hydrogens (tertiary/aromatic N) is 3. The summed E-state index contributed by atoms with van der Waals surface area (Å²) >= 11 is 4.31. The first-order valence-electron chi connectivity index (χ1n) is 5.31. The fraction of sp³-hybridized carbons (Fsp3) is 0.778. The molecule has 0 aromatic carbocycles. The van der Waals surface area contributed by atoms with Crippen LogP contribution in [-0.2, 0) is 0 Å². The molecule has 1 saturated heterocycles. The van der Waals surface area contributed by atoms with Gasteiger partial charge in [0.15, 0.2) is 5.50 Å². The van der Waals surface area contributed by atoms with Gasteiger partial charge in [0.2, 0.25) is 0 Å². The fourth-order valence-electron chi connectivity index (χ4n) is 2.12. The number of hydrazone groups is 1. The number of carbonyl (C=O) groups is 1. The van der Waals surface area contributed by atoms with E-state index in [9.17, 15) is 4.79 Å². The number of thiol groups is 1. The molecular formula is C9H16N4O2S. The molecule has 0 bridgehead atoms. The Kier molecular flexibility index (Phi) is 3.13. The van der Waals surface area contributed by atoms with Crippen LogP contribution in [-0.4, -0.2) is 52.5 Å². The van der Waals surface area contributed by atoms with Gasteiger partial charge in [-0.3, -0.25) is 5.43 Å². The zero-order valence-corrected chi connectivity index (χ0v) is 10.0. The minimum atomic E-state index is -0.828. The molecule has 2 aliphatic heterocycles. The third kappa shape index (κ3) is 2.04. The van der Waals surface area contributed by atoms with Gasteiger partial charge in [-0.1, -0.05) is 0 Å². The third-order valence-corrected chi connectivity index (χ3v) is 3.62. The van der Waals surface area contributed by atoms with Gasteiger partial charge in [0.05, 0.1) is 0 Å². The SMILES string of the molecule is CN1C(C2CCN(C(=O)O)CC2)=NNC1S. The van der Waals surface area contributed by atoms with E-state index in [1.807, 2.05) is 11.9 Å². The lowest BCUT2D eigenvalue weighted by atomic mass is 9.95. The maximum atomic E-state index is 10.8. The van der Waals surface area contributed by atoms with Gasteiger partial charge in [0, 0.05) is 26.1 Å². The number of amides is 1. The van der Waals surface area contributed by atoms with Crippen molar-refractivity contribution in [1.29, 1.82) is 0 Å². The van der Waals surface area contributed by atoms with E-state index in [1.54, 1.807) is 0 Å². The zero-order chi connectivity index (χ0) is 11.7. The molecule has 2 aliphatic rings. The first kappa shape index (κ1) is 11.4. The first-order valence-corrected chi connectivity index (χ1v) is 5.83. The quantitative estimate of drug-likeness (QED) is 0.585. The van der Waals surface area contributed by atoms with E-state index in [2.05, 4.69) is 23.2 Å². The summed E-state index contributed by atoms with van der Waals surface area (Å²) in [5.41, 5.74) is 2.84. The fourth-order valence-corrected chi connectivity index (χ4v) is 2.30. The summed E-state index contributed by atoms with van der Waals surface area (Å²) in [6.07, 6.45) is 0.834. The summed E-state index contributed by atoms with van der Waals surface area (Å²) in [7, 11) is 1.94. The molecule has 1 unspecified atom stereocenters. The van der Waals surface area contributed by atoms with Crippen LogP contribution in [0, 0.1) is 5.92 Å². The van der Waals surface area contributed by atoms with E-state index in [1.165, 1.54) is 4.90 Å². The number of hydrogen-bond acceptors (Lipinski definition) is 5. The largest absolute Gasteiger partial charge is 0.465 e. The van der Waals surface area contributed by atoms with Gasteiger partial charge in [0.25, 0.3) is 0 Å². The van der Waals surface area contributed by atoms with E-state index in [4.69, 9.17) is 5.11 Å². The van der Waals surface area contributed by atoms with Crippen molar-refractivity contribution in [1.82, 2.24) is 15.2 Å². The number of nitrogens with one attached hydrogen (secondary N) is 1. The Balaban J connectivity index is 1.92. The van der Waals surface area contributed by atoms with Crippen molar-refractivity contribution in [2.75, 3.05) is 20.1 Å². The predicted molar refractivity (Wildman–Crippen MR) is 63.4 cm³/mol. The van der Waals surface area contributed by atoms with Crippen LogP contribution >= 0.6 is 12.6 Å². The summed E-state index contributed by atoms with van der Waals surface area (Å²) in [5, 5.41) is 13.1. The Labute approximate surface area is 99.7 Å². The van der Waals surface area contributed by atoms with Crippen LogP contribution in [0.3, 0.4) is 0 Å². The number of hydrogen-bond donors (Lipinski definition) is 3. The summed E-state index contributed by atoms with van der Waals surface area (Å²) in [6, 6.07) is 0. The van der Waals surface area contributed by atoms with E-state index in [-0.39, 0.29) is 5.50 Å². The molecule has 1 fully saturated rings. The Morgan fingerprint density at radius 2 is 2.19 bits per heavy atom. The predicted octanol–water partition coefficient (Wildman–Crippen LogP) is 0.438. The molecule has 90 valence electrons. The van der Waals surface area contributed by atoms with E-state index in [0.29, 0.717) is 19.0 Å². The highest BCUT2D eigenvalue weighted by Crippen LogP contribution is 2.23. The van der Waals surface area contributed by atoms with Crippen molar-refractivity contribution in [3.05, 3.63) is 0 Å². The molecule has 0 aromatic rings. The van der Waals surface area contributed by atoms with Crippen LogP contribution in [0.5, 0.6) is 0 Å². The van der Waals surface area contributed by atoms with Crippen molar-refractivity contribution >= 4 is 24.6 Å². The van der Waals surface area contributed by atoms with E-state index in [0.717, 1.165) is 18.7 Å². The molecule has 7 heteroatoms. The van der Waals surface area contributed by atoms with E-state index < -0.39 is 6.09 Å². The summed E-state index contributed by atoms with van der Waals surface area (Å²) in [5.74, 6) is 1.33. The molecule has 1 amide bonds. The molecule has 16 heavy (non-hydrogen) atoms. The Morgan fingerprint density at radius 3 is 2.62 bits per heavy atom. The smallest absolute Gasteiger partial charge is 0.407 e. The number of amidine groups is 1. The van der Waals surface area contributed by atoms with Crippen LogP contribution in [0.2, 0.25) is 0 Å². The summed E-state index contributed by atoms with van der Waals surface area (Å²) in [6.45, 7) is 1.17. The Morgan fingerprint density at radius 1 is 1.56 bits per heavy atom. The highest BCUT2D eigenvalue weighted by molar-refractivity contribution is 7.80. The highest BCUT2D eigenvalue weighted by Gasteiger charge is 2.31. The van der Waals surface area contributed by atoms with Gasteiger partial charge >= 0.3 is 6.09 Å². The van der Waals surface area contributed by atoms with Gasteiger partial charge in [-0.05, 0) is 12.8 Å². The van der Waals surface area contributed by atoms with Crippen molar-refractivity contribution in [2.45, 2.75) is 18.3 Å².